The number of anilines is 1. The summed E-state index contributed by atoms with van der Waals surface area (Å²) in [7, 11) is 1.56. The Kier molecular flexibility index (Phi) is 7.45. The molecule has 0 radical (unpaired) electrons. The maximum absolute atomic E-state index is 13.1. The Morgan fingerprint density at radius 3 is 2.29 bits per heavy atom. The second-order valence-electron chi connectivity index (χ2n) is 7.25. The smallest absolute Gasteiger partial charge is 0.270 e. The van der Waals surface area contributed by atoms with Crippen LogP contribution in [0.5, 0.6) is 11.5 Å². The van der Waals surface area contributed by atoms with Gasteiger partial charge in [0.2, 0.25) is 0 Å². The molecule has 34 heavy (non-hydrogen) atoms. The molecule has 1 heterocycles. The van der Waals surface area contributed by atoms with Crippen molar-refractivity contribution in [1.29, 1.82) is 0 Å². The monoisotopic (exact) mass is 600 g/mol. The number of nitrogens with one attached hydrogen (secondary N) is 1. The fourth-order valence-electron chi connectivity index (χ4n) is 3.25. The molecule has 1 saturated heterocycles. The summed E-state index contributed by atoms with van der Waals surface area (Å²) >= 11 is 12.2. The summed E-state index contributed by atoms with van der Waals surface area (Å²) in [6.07, 6.45) is 1.53. The number of hydrogen-bond acceptors (Lipinski definition) is 5. The summed E-state index contributed by atoms with van der Waals surface area (Å²) < 4.78 is 12.9. The van der Waals surface area contributed by atoms with Gasteiger partial charge in [-0.1, -0.05) is 50.1 Å². The standard InChI is InChI=1S/C25H18Br2N2O4S/c1-32-19-10-6-18(7-11-19)29-24(31)21(23(30)28-25(29)34)12-15-2-8-20(9-3-15)33-14-16-4-5-17(26)13-22(16)27/h2-13H,14H2,1H3,(H,28,30,34)/b21-12+. The lowest BCUT2D eigenvalue weighted by Gasteiger charge is -2.29. The zero-order valence-corrected chi connectivity index (χ0v) is 21.9. The van der Waals surface area contributed by atoms with E-state index in [9.17, 15) is 9.59 Å². The first kappa shape index (κ1) is 24.1. The summed E-state index contributed by atoms with van der Waals surface area (Å²) in [6.45, 7) is 0.392. The Morgan fingerprint density at radius 1 is 0.971 bits per heavy atom. The fourth-order valence-corrected chi connectivity index (χ4v) is 4.69. The molecule has 0 saturated carbocycles. The number of carbonyl (C=O) groups excluding carboxylic acids is 2. The lowest BCUT2D eigenvalue weighted by atomic mass is 10.1. The van der Waals surface area contributed by atoms with Gasteiger partial charge < -0.3 is 9.47 Å². The molecule has 4 rings (SSSR count). The van der Waals surface area contributed by atoms with Crippen LogP contribution in [0.3, 0.4) is 0 Å². The quantitative estimate of drug-likeness (QED) is 0.225. The fraction of sp³-hybridized carbons (Fsp3) is 0.0800. The molecule has 0 spiro atoms. The minimum atomic E-state index is -0.542. The molecule has 3 aromatic rings. The predicted octanol–water partition coefficient (Wildman–Crippen LogP) is 5.63. The molecule has 2 amide bonds. The maximum atomic E-state index is 13.1. The number of hydrogen-bond donors (Lipinski definition) is 1. The largest absolute Gasteiger partial charge is 0.497 e. The van der Waals surface area contributed by atoms with Crippen molar-refractivity contribution in [2.45, 2.75) is 6.61 Å². The summed E-state index contributed by atoms with van der Waals surface area (Å²) in [5.41, 5.74) is 2.20. The van der Waals surface area contributed by atoms with E-state index in [0.717, 1.165) is 14.5 Å². The summed E-state index contributed by atoms with van der Waals surface area (Å²) in [6, 6.07) is 19.9. The first-order chi connectivity index (χ1) is 16.4. The van der Waals surface area contributed by atoms with Gasteiger partial charge in [-0.2, -0.15) is 0 Å². The number of ether oxygens (including phenoxy) is 2. The van der Waals surface area contributed by atoms with E-state index in [1.807, 2.05) is 18.2 Å². The van der Waals surface area contributed by atoms with Crippen LogP contribution in [0.4, 0.5) is 5.69 Å². The van der Waals surface area contributed by atoms with Crippen molar-refractivity contribution in [1.82, 2.24) is 5.32 Å². The van der Waals surface area contributed by atoms with E-state index in [-0.39, 0.29) is 10.7 Å². The molecule has 3 aromatic carbocycles. The van der Waals surface area contributed by atoms with Crippen LogP contribution < -0.4 is 19.7 Å². The Hall–Kier alpha value is -3.01. The van der Waals surface area contributed by atoms with E-state index in [1.54, 1.807) is 55.6 Å². The zero-order valence-electron chi connectivity index (χ0n) is 17.9. The van der Waals surface area contributed by atoms with Crippen molar-refractivity contribution in [2.75, 3.05) is 12.0 Å². The predicted molar refractivity (Wildman–Crippen MR) is 142 cm³/mol. The Labute approximate surface area is 218 Å². The molecular weight excluding hydrogens is 584 g/mol. The lowest BCUT2D eigenvalue weighted by Crippen LogP contribution is -2.54. The van der Waals surface area contributed by atoms with Crippen molar-refractivity contribution >= 4 is 72.8 Å². The number of halogens is 2. The molecule has 0 atom stereocenters. The minimum Gasteiger partial charge on any atom is -0.497 e. The lowest BCUT2D eigenvalue weighted by molar-refractivity contribution is -0.122. The molecule has 0 aliphatic carbocycles. The summed E-state index contributed by atoms with van der Waals surface area (Å²) in [5.74, 6) is 0.269. The van der Waals surface area contributed by atoms with Crippen LogP contribution in [0.2, 0.25) is 0 Å². The van der Waals surface area contributed by atoms with Gasteiger partial charge in [-0.25, -0.2) is 0 Å². The highest BCUT2D eigenvalue weighted by Crippen LogP contribution is 2.26. The number of methoxy groups -OCH3 is 1. The van der Waals surface area contributed by atoms with Crippen LogP contribution in [-0.4, -0.2) is 24.0 Å². The van der Waals surface area contributed by atoms with Gasteiger partial charge in [0.25, 0.3) is 11.8 Å². The average molecular weight is 602 g/mol. The van der Waals surface area contributed by atoms with E-state index in [2.05, 4.69) is 37.2 Å². The molecule has 1 aliphatic rings. The Bertz CT molecular complexity index is 1290. The third-order valence-corrected chi connectivity index (χ3v) is 6.55. The van der Waals surface area contributed by atoms with Crippen molar-refractivity contribution in [3.63, 3.8) is 0 Å². The van der Waals surface area contributed by atoms with Crippen LogP contribution in [0.25, 0.3) is 6.08 Å². The number of amides is 2. The number of benzene rings is 3. The van der Waals surface area contributed by atoms with Gasteiger partial charge in [-0.3, -0.25) is 19.8 Å². The topological polar surface area (TPSA) is 67.9 Å². The van der Waals surface area contributed by atoms with E-state index in [0.29, 0.717) is 29.4 Å². The normalized spacial score (nSPS) is 14.9. The van der Waals surface area contributed by atoms with Crippen molar-refractivity contribution in [3.05, 3.63) is 92.4 Å². The second kappa shape index (κ2) is 10.5. The third kappa shape index (κ3) is 5.38. The first-order valence-electron chi connectivity index (χ1n) is 10.1. The first-order valence-corrected chi connectivity index (χ1v) is 12.1. The average Bonchev–Trinajstić information content (AvgIpc) is 2.82. The van der Waals surface area contributed by atoms with Crippen LogP contribution in [0.1, 0.15) is 11.1 Å². The summed E-state index contributed by atoms with van der Waals surface area (Å²) in [5, 5.41) is 2.61. The van der Waals surface area contributed by atoms with E-state index >= 15 is 0 Å². The highest BCUT2D eigenvalue weighted by atomic mass is 79.9. The van der Waals surface area contributed by atoms with Gasteiger partial charge >= 0.3 is 0 Å². The van der Waals surface area contributed by atoms with E-state index < -0.39 is 11.8 Å². The molecule has 9 heteroatoms. The van der Waals surface area contributed by atoms with Gasteiger partial charge in [0, 0.05) is 14.5 Å². The molecule has 1 N–H and O–H groups in total. The number of rotatable bonds is 6. The summed E-state index contributed by atoms with van der Waals surface area (Å²) in [4.78, 5) is 26.9. The molecule has 1 fully saturated rings. The minimum absolute atomic E-state index is 0.0168. The highest BCUT2D eigenvalue weighted by Gasteiger charge is 2.34. The van der Waals surface area contributed by atoms with Gasteiger partial charge in [-0.05, 0) is 72.4 Å². The molecular formula is C25H18Br2N2O4S. The van der Waals surface area contributed by atoms with Crippen LogP contribution in [0, 0.1) is 0 Å². The Morgan fingerprint density at radius 2 is 1.65 bits per heavy atom. The number of carbonyl (C=O) groups is 2. The van der Waals surface area contributed by atoms with Crippen LogP contribution in [0.15, 0.2) is 81.2 Å². The third-order valence-electron chi connectivity index (χ3n) is 5.03. The van der Waals surface area contributed by atoms with Gasteiger partial charge in [0.05, 0.1) is 12.8 Å². The van der Waals surface area contributed by atoms with E-state index in [4.69, 9.17) is 21.7 Å². The van der Waals surface area contributed by atoms with Gasteiger partial charge in [-0.15, -0.1) is 0 Å². The van der Waals surface area contributed by atoms with Gasteiger partial charge in [0.15, 0.2) is 5.11 Å². The second-order valence-corrected chi connectivity index (χ2v) is 9.41. The molecule has 172 valence electrons. The molecule has 0 bridgehead atoms. The molecule has 0 aromatic heterocycles. The van der Waals surface area contributed by atoms with Crippen molar-refractivity contribution < 1.29 is 19.1 Å². The van der Waals surface area contributed by atoms with Crippen molar-refractivity contribution in [3.8, 4) is 11.5 Å². The number of nitrogens with zero attached hydrogens (tertiary/aromatic N) is 1. The van der Waals surface area contributed by atoms with Crippen LogP contribution in [-0.2, 0) is 16.2 Å². The highest BCUT2D eigenvalue weighted by molar-refractivity contribution is 9.11. The SMILES string of the molecule is COc1ccc(N2C(=O)/C(=C/c3ccc(OCc4ccc(Br)cc4Br)cc3)C(=O)NC2=S)cc1. The molecule has 0 unspecified atom stereocenters. The van der Waals surface area contributed by atoms with Gasteiger partial charge in [0.1, 0.15) is 23.7 Å². The zero-order chi connectivity index (χ0) is 24.2. The van der Waals surface area contributed by atoms with Crippen molar-refractivity contribution in [2.24, 2.45) is 0 Å². The molecule has 6 nitrogen and oxygen atoms in total. The Balaban J connectivity index is 1.50. The van der Waals surface area contributed by atoms with Crippen LogP contribution >= 0.6 is 44.1 Å². The number of thiocarbonyl (C=S) groups is 1. The maximum Gasteiger partial charge on any atom is 0.270 e. The molecule has 1 aliphatic heterocycles. The van der Waals surface area contributed by atoms with E-state index in [1.165, 1.54) is 11.0 Å².